The van der Waals surface area contributed by atoms with Crippen molar-refractivity contribution in [3.8, 4) is 0 Å². The molecule has 0 saturated heterocycles. The van der Waals surface area contributed by atoms with E-state index in [9.17, 15) is 0 Å². The van der Waals surface area contributed by atoms with E-state index < -0.39 is 0 Å². The fraction of sp³-hybridized carbons (Fsp3) is 0.0571. The van der Waals surface area contributed by atoms with E-state index >= 15 is 0 Å². The normalized spacial score (nSPS) is 23.1. The fourth-order valence-electron chi connectivity index (χ4n) is 27.5. The zero-order chi connectivity index (χ0) is 40.4. The highest BCUT2D eigenvalue weighted by molar-refractivity contribution is 6.79. The molecule has 0 nitrogen and oxygen atoms in total. The Bertz CT molecular complexity index is 7650. The van der Waals surface area contributed by atoms with Crippen molar-refractivity contribution in [2.75, 3.05) is 0 Å². The Morgan fingerprint density at radius 1 is 0.0714 bits per heavy atom. The molecule has 0 aromatic heterocycles. The predicted octanol–water partition coefficient (Wildman–Crippen LogP) is 19.2. The number of hydrogen-bond donors (Lipinski definition) is 0. The molecule has 37 rings (SSSR count). The van der Waals surface area contributed by atoms with Gasteiger partial charge < -0.3 is 0 Å². The minimum absolute atomic E-state index is 0.395. The molecule has 29 aromatic rings. The first-order chi connectivity index (χ1) is 35.0. The van der Waals surface area contributed by atoms with Crippen molar-refractivity contribution in [2.24, 2.45) is 0 Å². The van der Waals surface area contributed by atoms with Crippen LogP contribution in [0.4, 0.5) is 0 Å². The summed E-state index contributed by atoms with van der Waals surface area (Å²) in [6.07, 6.45) is 0. The highest BCUT2D eigenvalue weighted by Crippen LogP contribution is 2.84. The Hall–Kier alpha value is -8.58. The third kappa shape index (κ3) is 1.20. The summed E-state index contributed by atoms with van der Waals surface area (Å²) >= 11 is 0. The lowest BCUT2D eigenvalue weighted by atomic mass is 9.67. The summed E-state index contributed by atoms with van der Waals surface area (Å²) in [6, 6.07) is 0. The van der Waals surface area contributed by atoms with Crippen LogP contribution in [-0.4, -0.2) is 0 Å². The third-order valence-corrected chi connectivity index (χ3v) is 27.2. The van der Waals surface area contributed by atoms with Crippen molar-refractivity contribution in [1.29, 1.82) is 0 Å². The average molecular weight is 845 g/mol. The molecular weight excluding hydrogens is 841 g/mol. The van der Waals surface area contributed by atoms with Crippen molar-refractivity contribution >= 4 is 312 Å². The second-order valence-corrected chi connectivity index (χ2v) is 27.0. The number of rotatable bonds is 0. The molecular formula is C70H4. The molecule has 29 aromatic carbocycles. The van der Waals surface area contributed by atoms with Gasteiger partial charge in [-0.3, -0.25) is 0 Å². The van der Waals surface area contributed by atoms with Crippen LogP contribution in [0, 0.1) is 0 Å². The van der Waals surface area contributed by atoms with Gasteiger partial charge in [0, 0.05) is 23.7 Å². The maximum atomic E-state index is 1.80. The zero-order valence-electron chi connectivity index (χ0n) is 35.3. The molecule has 0 radical (unpaired) electrons. The van der Waals surface area contributed by atoms with Crippen molar-refractivity contribution in [2.45, 2.75) is 23.7 Å². The Labute approximate surface area is 378 Å². The second-order valence-electron chi connectivity index (χ2n) is 27.0. The van der Waals surface area contributed by atoms with Crippen LogP contribution in [0.2, 0.25) is 0 Å². The minimum Gasteiger partial charge on any atom is -0.0224 e. The van der Waals surface area contributed by atoms with Gasteiger partial charge in [0.05, 0.1) is 0 Å². The molecule has 0 heterocycles. The Morgan fingerprint density at radius 3 is 0.200 bits per heavy atom. The molecule has 0 saturated carbocycles. The van der Waals surface area contributed by atoms with Gasteiger partial charge in [-0.05, 0) is 357 Å². The zero-order valence-corrected chi connectivity index (χ0v) is 35.3. The molecule has 70 heavy (non-hydrogen) atoms. The Morgan fingerprint density at radius 2 is 0.129 bits per heavy atom. The van der Waals surface area contributed by atoms with E-state index in [2.05, 4.69) is 0 Å². The summed E-state index contributed by atoms with van der Waals surface area (Å²) < 4.78 is 0. The molecule has 0 spiro atoms. The SMILES string of the molecule is c12c3c4c5c6c7c8c9c%10c(c%11c1c1c%12c%13c%14c%15c%16c%17c%18c%19c%20c%21c%22c(c%13c%13c1c%11c1c%10c%10c%11c9c9c7c7c6c6c4c(c%15c3%12)c%16c3c%18c4c%12c%19c%15c%21c%16c%22c%13c1c%10c%16c1c%15c%12c(c7c4c63)c9c%111)C%14C%17%20)C8C25. The van der Waals surface area contributed by atoms with Gasteiger partial charge in [0.25, 0.3) is 0 Å². The van der Waals surface area contributed by atoms with Crippen LogP contribution >= 0.6 is 0 Å². The monoisotopic (exact) mass is 844 g/mol. The average Bonchev–Trinajstić information content (AvgIpc) is 4.36. The van der Waals surface area contributed by atoms with Gasteiger partial charge in [-0.25, -0.2) is 0 Å². The van der Waals surface area contributed by atoms with E-state index in [1.54, 1.807) is 357 Å². The lowest BCUT2D eigenvalue weighted by Crippen LogP contribution is -2.17. The van der Waals surface area contributed by atoms with Gasteiger partial charge in [-0.1, -0.05) is 0 Å². The predicted molar refractivity (Wildman–Crippen MR) is 295 cm³/mol. The molecule has 8 aliphatic rings. The van der Waals surface area contributed by atoms with Gasteiger partial charge in [0.2, 0.25) is 0 Å². The van der Waals surface area contributed by atoms with Gasteiger partial charge in [-0.2, -0.15) is 0 Å². The van der Waals surface area contributed by atoms with E-state index in [1.807, 2.05) is 0 Å². The molecule has 8 aliphatic carbocycles. The van der Waals surface area contributed by atoms with Crippen LogP contribution < -0.4 is 0 Å². The third-order valence-electron chi connectivity index (χ3n) is 27.2. The minimum atomic E-state index is 0.395. The van der Waals surface area contributed by atoms with Gasteiger partial charge >= 0.3 is 0 Å². The summed E-state index contributed by atoms with van der Waals surface area (Å²) in [6.45, 7) is 0. The van der Waals surface area contributed by atoms with E-state index in [1.165, 1.54) is 0 Å². The molecule has 0 N–H and O–H groups in total. The number of hydrogen-bond acceptors (Lipinski definition) is 0. The molecule has 4 atom stereocenters. The van der Waals surface area contributed by atoms with E-state index in [-0.39, 0.29) is 0 Å². The standard InChI is InChI=1S/C70H4/c1-2-22-5-6-24-13-14-26-11-9-23-4-3(21(1)51-52(22)54(24)55(26)53(23)51)33-31(1)61-35-7-8-27-15-16-29-19-20-30-18-17-28-12-10(25(7)56-57(27)59(29)60(30)58(28)56)37(35)63(33)65-36(4)40(9)67(44(17)42(12)65)69-46(11)47(14)70(50(20)49(18)69)68-43(13)39(6)66(45(16)48(19)68)64-34(5)32(2)62(61)38(8)41(15)64/h21,27,51,57H. The largest absolute Gasteiger partial charge is 0.0225 e. The summed E-state index contributed by atoms with van der Waals surface area (Å²) in [7, 11) is 0. The summed E-state index contributed by atoms with van der Waals surface area (Å²) in [5, 5.41) is 99.4. The fourth-order valence-corrected chi connectivity index (χ4v) is 27.5. The molecule has 0 aliphatic heterocycles. The van der Waals surface area contributed by atoms with Crippen molar-refractivity contribution in [3.63, 3.8) is 0 Å². The van der Waals surface area contributed by atoms with E-state index in [4.69, 9.17) is 0 Å². The Balaban J connectivity index is 1.23. The van der Waals surface area contributed by atoms with Crippen molar-refractivity contribution in [1.82, 2.24) is 0 Å². The van der Waals surface area contributed by atoms with E-state index in [0.29, 0.717) is 23.7 Å². The van der Waals surface area contributed by atoms with Gasteiger partial charge in [0.1, 0.15) is 0 Å². The van der Waals surface area contributed by atoms with Crippen LogP contribution in [0.3, 0.4) is 0 Å². The Kier molecular flexibility index (Phi) is 1.81. The summed E-state index contributed by atoms with van der Waals surface area (Å²) in [5.74, 6) is 1.58. The first-order valence-electron chi connectivity index (χ1n) is 26.7. The first-order valence-corrected chi connectivity index (χ1v) is 26.7. The van der Waals surface area contributed by atoms with Crippen LogP contribution in [0.5, 0.6) is 0 Å². The second kappa shape index (κ2) is 5.26. The molecule has 0 heteroatoms. The van der Waals surface area contributed by atoms with Crippen molar-refractivity contribution < 1.29 is 0 Å². The van der Waals surface area contributed by atoms with E-state index in [0.717, 1.165) is 0 Å². The summed E-state index contributed by atoms with van der Waals surface area (Å²) in [5.41, 5.74) is 14.4. The highest BCUT2D eigenvalue weighted by atomic mass is 14.6. The van der Waals surface area contributed by atoms with Crippen molar-refractivity contribution in [3.05, 3.63) is 44.5 Å². The lowest BCUT2D eigenvalue weighted by molar-refractivity contribution is 0.735. The highest BCUT2D eigenvalue weighted by Gasteiger charge is 2.60. The van der Waals surface area contributed by atoms with Gasteiger partial charge in [-0.15, -0.1) is 0 Å². The maximum absolute atomic E-state index is 1.80. The molecule has 4 unspecified atom stereocenters. The molecule has 0 bridgehead atoms. The lowest BCUT2D eigenvalue weighted by Gasteiger charge is -2.34. The van der Waals surface area contributed by atoms with Crippen LogP contribution in [0.1, 0.15) is 68.2 Å². The number of benzene rings is 21. The summed E-state index contributed by atoms with van der Waals surface area (Å²) in [4.78, 5) is 0. The van der Waals surface area contributed by atoms with Crippen LogP contribution in [0.15, 0.2) is 0 Å². The van der Waals surface area contributed by atoms with Crippen LogP contribution in [-0.2, 0) is 0 Å². The molecule has 284 valence electrons. The van der Waals surface area contributed by atoms with Crippen LogP contribution in [0.25, 0.3) is 312 Å². The smallest absolute Gasteiger partial charge is 0.0224 e. The molecule has 0 fully saturated rings. The quantitative estimate of drug-likeness (QED) is 0.105. The maximum Gasteiger partial charge on any atom is 0.0225 e. The molecule has 0 amide bonds. The topological polar surface area (TPSA) is 0 Å². The van der Waals surface area contributed by atoms with Gasteiger partial charge in [0.15, 0.2) is 0 Å². The first kappa shape index (κ1) is 24.1.